The van der Waals surface area contributed by atoms with E-state index in [1.807, 2.05) is 30.5 Å². The first-order valence-electron chi connectivity index (χ1n) is 12.5. The van der Waals surface area contributed by atoms with Crippen molar-refractivity contribution < 1.29 is 14.3 Å². The van der Waals surface area contributed by atoms with E-state index in [1.54, 1.807) is 43.6 Å². The molecule has 1 saturated heterocycles. The molecule has 1 aromatic heterocycles. The number of rotatable bonds is 11. The summed E-state index contributed by atoms with van der Waals surface area (Å²) in [4.78, 5) is 19.0. The Balaban J connectivity index is 1.22. The SMILES string of the molecule is COc1ccc(NC(=O)/C=C/c2ccccc2Cl)cc1OCCN1CCC(NCc2cccnc2)CC1. The Morgan fingerprint density at radius 2 is 1.97 bits per heavy atom. The van der Waals surface area contributed by atoms with Crippen LogP contribution in [0.1, 0.15) is 24.0 Å². The number of methoxy groups -OCH3 is 1. The number of halogens is 1. The largest absolute Gasteiger partial charge is 0.493 e. The second kappa shape index (κ2) is 13.8. The van der Waals surface area contributed by atoms with E-state index in [9.17, 15) is 4.79 Å². The van der Waals surface area contributed by atoms with Gasteiger partial charge in [0.15, 0.2) is 11.5 Å². The van der Waals surface area contributed by atoms with E-state index in [0.717, 1.165) is 44.6 Å². The normalized spacial score (nSPS) is 14.5. The minimum absolute atomic E-state index is 0.254. The van der Waals surface area contributed by atoms with Crippen molar-refractivity contribution >= 4 is 29.3 Å². The molecule has 0 bridgehead atoms. The number of piperidine rings is 1. The van der Waals surface area contributed by atoms with Crippen molar-refractivity contribution in [2.45, 2.75) is 25.4 Å². The van der Waals surface area contributed by atoms with Crippen LogP contribution in [0.4, 0.5) is 5.69 Å². The Kier molecular flexibility index (Phi) is 9.94. The lowest BCUT2D eigenvalue weighted by molar-refractivity contribution is -0.111. The highest BCUT2D eigenvalue weighted by molar-refractivity contribution is 6.32. The van der Waals surface area contributed by atoms with Crippen LogP contribution >= 0.6 is 11.6 Å². The number of hydrogen-bond acceptors (Lipinski definition) is 6. The standard InChI is InChI=1S/C29H33ClN4O3/c1-36-27-10-9-25(33-29(35)11-8-23-6-2-3-7-26(23)30)19-28(27)37-18-17-34-15-12-24(13-16-34)32-21-22-5-4-14-31-20-22/h2-11,14,19-20,24,32H,12-13,15-18,21H2,1H3,(H,33,35)/b11-8+. The molecular weight excluding hydrogens is 488 g/mol. The maximum absolute atomic E-state index is 12.4. The molecule has 2 aromatic carbocycles. The van der Waals surface area contributed by atoms with Crippen molar-refractivity contribution in [1.82, 2.24) is 15.2 Å². The molecule has 8 heteroatoms. The van der Waals surface area contributed by atoms with Crippen molar-refractivity contribution in [1.29, 1.82) is 0 Å². The van der Waals surface area contributed by atoms with E-state index in [1.165, 1.54) is 11.6 Å². The van der Waals surface area contributed by atoms with Gasteiger partial charge in [0.1, 0.15) is 6.61 Å². The Morgan fingerprint density at radius 3 is 2.73 bits per heavy atom. The summed E-state index contributed by atoms with van der Waals surface area (Å²) in [5.41, 5.74) is 2.62. The first-order chi connectivity index (χ1) is 18.1. The molecule has 0 radical (unpaired) electrons. The maximum atomic E-state index is 12.4. The minimum Gasteiger partial charge on any atom is -0.493 e. The number of carbonyl (C=O) groups excluding carboxylic acids is 1. The predicted molar refractivity (Wildman–Crippen MR) is 148 cm³/mol. The number of nitrogens with zero attached hydrogens (tertiary/aromatic N) is 2. The third kappa shape index (κ3) is 8.32. The van der Waals surface area contributed by atoms with Gasteiger partial charge in [0.25, 0.3) is 0 Å². The molecule has 0 unspecified atom stereocenters. The third-order valence-corrected chi connectivity index (χ3v) is 6.67. The van der Waals surface area contributed by atoms with Gasteiger partial charge < -0.3 is 20.1 Å². The monoisotopic (exact) mass is 520 g/mol. The molecule has 0 saturated carbocycles. The van der Waals surface area contributed by atoms with Crippen molar-refractivity contribution in [3.63, 3.8) is 0 Å². The minimum atomic E-state index is -0.254. The molecule has 1 fully saturated rings. The first-order valence-corrected chi connectivity index (χ1v) is 12.9. The zero-order chi connectivity index (χ0) is 25.9. The highest BCUT2D eigenvalue weighted by Gasteiger charge is 2.19. The quantitative estimate of drug-likeness (QED) is 0.345. The van der Waals surface area contributed by atoms with Crippen LogP contribution in [0.5, 0.6) is 11.5 Å². The number of amides is 1. The number of hydrogen-bond donors (Lipinski definition) is 2. The molecule has 1 aliphatic heterocycles. The van der Waals surface area contributed by atoms with Crippen molar-refractivity contribution in [2.24, 2.45) is 0 Å². The summed E-state index contributed by atoms with van der Waals surface area (Å²) < 4.78 is 11.5. The Morgan fingerprint density at radius 1 is 1.14 bits per heavy atom. The summed E-state index contributed by atoms with van der Waals surface area (Å²) >= 11 is 6.15. The number of anilines is 1. The van der Waals surface area contributed by atoms with Gasteiger partial charge in [-0.2, -0.15) is 0 Å². The van der Waals surface area contributed by atoms with Crippen LogP contribution in [0.25, 0.3) is 6.08 Å². The van der Waals surface area contributed by atoms with Gasteiger partial charge in [-0.3, -0.25) is 14.7 Å². The molecule has 4 rings (SSSR count). The Bertz CT molecular complexity index is 1180. The summed E-state index contributed by atoms with van der Waals surface area (Å²) in [7, 11) is 1.61. The fourth-order valence-corrected chi connectivity index (χ4v) is 4.44. The highest BCUT2D eigenvalue weighted by atomic mass is 35.5. The predicted octanol–water partition coefficient (Wildman–Crippen LogP) is 5.03. The molecule has 3 aromatic rings. The molecule has 1 amide bonds. The van der Waals surface area contributed by atoms with Gasteiger partial charge in [-0.25, -0.2) is 0 Å². The molecular formula is C29H33ClN4O3. The fraction of sp³-hybridized carbons (Fsp3) is 0.310. The zero-order valence-corrected chi connectivity index (χ0v) is 21.8. The van der Waals surface area contributed by atoms with Gasteiger partial charge in [0, 0.05) is 54.4 Å². The van der Waals surface area contributed by atoms with Crippen molar-refractivity contribution in [3.8, 4) is 11.5 Å². The molecule has 37 heavy (non-hydrogen) atoms. The van der Waals surface area contributed by atoms with Crippen LogP contribution in [0.3, 0.4) is 0 Å². The van der Waals surface area contributed by atoms with Crippen LogP contribution in [-0.4, -0.2) is 55.2 Å². The van der Waals surface area contributed by atoms with Gasteiger partial charge >= 0.3 is 0 Å². The van der Waals surface area contributed by atoms with Crippen LogP contribution in [0.2, 0.25) is 5.02 Å². The molecule has 0 spiro atoms. The average molecular weight is 521 g/mol. The number of nitrogens with one attached hydrogen (secondary N) is 2. The summed E-state index contributed by atoms with van der Waals surface area (Å²) in [5.74, 6) is 0.974. The van der Waals surface area contributed by atoms with Gasteiger partial charge in [0.05, 0.1) is 7.11 Å². The van der Waals surface area contributed by atoms with E-state index < -0.39 is 0 Å². The van der Waals surface area contributed by atoms with Crippen LogP contribution in [0, 0.1) is 0 Å². The van der Waals surface area contributed by atoms with Gasteiger partial charge in [-0.15, -0.1) is 0 Å². The molecule has 2 heterocycles. The van der Waals surface area contributed by atoms with Crippen molar-refractivity contribution in [3.05, 3.63) is 89.2 Å². The van der Waals surface area contributed by atoms with Crippen LogP contribution in [0.15, 0.2) is 73.1 Å². The Hall–Kier alpha value is -3.39. The number of pyridine rings is 1. The second-order valence-electron chi connectivity index (χ2n) is 8.92. The summed E-state index contributed by atoms with van der Waals surface area (Å²) in [6.45, 7) is 4.27. The molecule has 2 N–H and O–H groups in total. The average Bonchev–Trinajstić information content (AvgIpc) is 2.93. The summed E-state index contributed by atoms with van der Waals surface area (Å²) in [6, 6.07) is 17.3. The maximum Gasteiger partial charge on any atom is 0.248 e. The second-order valence-corrected chi connectivity index (χ2v) is 9.32. The van der Waals surface area contributed by atoms with Gasteiger partial charge in [-0.1, -0.05) is 35.9 Å². The smallest absolute Gasteiger partial charge is 0.248 e. The highest BCUT2D eigenvalue weighted by Crippen LogP contribution is 2.30. The van der Waals surface area contributed by atoms with Crippen LogP contribution < -0.4 is 20.1 Å². The molecule has 7 nitrogen and oxygen atoms in total. The van der Waals surface area contributed by atoms with Gasteiger partial charge in [-0.05, 0) is 67.4 Å². The molecule has 0 atom stereocenters. The third-order valence-electron chi connectivity index (χ3n) is 6.32. The summed E-state index contributed by atoms with van der Waals surface area (Å²) in [6.07, 6.45) is 9.07. The lowest BCUT2D eigenvalue weighted by atomic mass is 10.0. The van der Waals surface area contributed by atoms with E-state index in [4.69, 9.17) is 21.1 Å². The number of benzene rings is 2. The zero-order valence-electron chi connectivity index (χ0n) is 21.0. The Labute approximate surface area is 223 Å². The topological polar surface area (TPSA) is 75.7 Å². The lowest BCUT2D eigenvalue weighted by Gasteiger charge is -2.32. The number of aromatic nitrogens is 1. The van der Waals surface area contributed by atoms with Crippen LogP contribution in [-0.2, 0) is 11.3 Å². The lowest BCUT2D eigenvalue weighted by Crippen LogP contribution is -2.43. The van der Waals surface area contributed by atoms with E-state index in [2.05, 4.69) is 26.6 Å². The molecule has 194 valence electrons. The summed E-state index contributed by atoms with van der Waals surface area (Å²) in [5, 5.41) is 7.10. The van der Waals surface area contributed by atoms with Crippen molar-refractivity contribution in [2.75, 3.05) is 38.7 Å². The molecule has 0 aliphatic carbocycles. The fourth-order valence-electron chi connectivity index (χ4n) is 4.24. The number of likely N-dealkylation sites (tertiary alicyclic amines) is 1. The number of carbonyl (C=O) groups is 1. The number of ether oxygens (including phenoxy) is 2. The van der Waals surface area contributed by atoms with E-state index in [-0.39, 0.29) is 5.91 Å². The first kappa shape index (κ1) is 26.7. The van der Waals surface area contributed by atoms with Gasteiger partial charge in [0.2, 0.25) is 5.91 Å². The van der Waals surface area contributed by atoms with E-state index in [0.29, 0.717) is 34.9 Å². The molecule has 1 aliphatic rings. The van der Waals surface area contributed by atoms with E-state index >= 15 is 0 Å².